The molecule has 0 aromatic heterocycles. The number of aryl methyl sites for hydroxylation is 1. The number of hydrogen-bond donors (Lipinski definition) is 4. The fourth-order valence-corrected chi connectivity index (χ4v) is 2.53. The van der Waals surface area contributed by atoms with Crippen molar-refractivity contribution >= 4 is 21.9 Å². The van der Waals surface area contributed by atoms with E-state index in [1.807, 2.05) is 6.92 Å². The van der Waals surface area contributed by atoms with Crippen LogP contribution < -0.4 is 9.46 Å². The van der Waals surface area contributed by atoms with Gasteiger partial charge in [0, 0.05) is 24.7 Å². The molecule has 1 aromatic rings. The Hall–Kier alpha value is -0.940. The first-order valence-corrected chi connectivity index (χ1v) is 9.04. The number of nitrogens with zero attached hydrogens (tertiary/aromatic N) is 1. The molecule has 1 rings (SSSR count). The molecular weight excluding hydrogens is 360 g/mol. The lowest BCUT2D eigenvalue weighted by Crippen LogP contribution is -2.41. The fourth-order valence-electron chi connectivity index (χ4n) is 2.01. The van der Waals surface area contributed by atoms with Gasteiger partial charge >= 0.3 is 10.3 Å². The van der Waals surface area contributed by atoms with Crippen molar-refractivity contribution < 1.29 is 27.9 Å². The van der Waals surface area contributed by atoms with Crippen LogP contribution in [-0.2, 0) is 10.3 Å². The van der Waals surface area contributed by atoms with E-state index >= 15 is 0 Å². The molecule has 0 aliphatic heterocycles. The minimum Gasteiger partial charge on any atom is -0.491 e. The van der Waals surface area contributed by atoms with Crippen LogP contribution in [0.2, 0.25) is 5.02 Å². The molecule has 24 heavy (non-hydrogen) atoms. The molecule has 0 aliphatic carbocycles. The highest BCUT2D eigenvalue weighted by Crippen LogP contribution is 2.21. The number of likely N-dealkylation sites (N-methyl/N-ethyl adjacent to an activating group) is 1. The van der Waals surface area contributed by atoms with E-state index in [2.05, 4.69) is 0 Å². The third-order valence-electron chi connectivity index (χ3n) is 3.12. The van der Waals surface area contributed by atoms with Gasteiger partial charge < -0.3 is 19.8 Å². The fraction of sp³-hybridized carbons (Fsp3) is 0.571. The van der Waals surface area contributed by atoms with Crippen molar-refractivity contribution in [2.75, 3.05) is 33.3 Å². The van der Waals surface area contributed by atoms with Crippen LogP contribution in [0.5, 0.6) is 5.75 Å². The van der Waals surface area contributed by atoms with Gasteiger partial charge in [0.05, 0.1) is 6.10 Å². The summed E-state index contributed by atoms with van der Waals surface area (Å²) in [5.74, 6) is 0.594. The zero-order chi connectivity index (χ0) is 18.3. The summed E-state index contributed by atoms with van der Waals surface area (Å²) in [5.41, 5.74) is 0.871. The van der Waals surface area contributed by atoms with Crippen LogP contribution in [0.4, 0.5) is 0 Å². The molecule has 0 fully saturated rings. The Kier molecular flexibility index (Phi) is 8.37. The zero-order valence-electron chi connectivity index (χ0n) is 13.5. The molecule has 0 spiro atoms. The van der Waals surface area contributed by atoms with E-state index in [1.165, 1.54) is 0 Å². The first kappa shape index (κ1) is 21.1. The summed E-state index contributed by atoms with van der Waals surface area (Å²) in [4.78, 5) is 1.62. The Balaban J connectivity index is 2.33. The summed E-state index contributed by atoms with van der Waals surface area (Å²) < 4.78 is 36.8. The summed E-state index contributed by atoms with van der Waals surface area (Å²) in [5, 5.41) is 20.2. The number of aliphatic hydroxyl groups excluding tert-OH is 2. The van der Waals surface area contributed by atoms with E-state index in [0.717, 1.165) is 5.56 Å². The van der Waals surface area contributed by atoms with Crippen molar-refractivity contribution in [2.45, 2.75) is 19.1 Å². The molecule has 2 atom stereocenters. The molecule has 138 valence electrons. The highest BCUT2D eigenvalue weighted by Gasteiger charge is 2.15. The average Bonchev–Trinajstić information content (AvgIpc) is 2.45. The van der Waals surface area contributed by atoms with E-state index in [9.17, 15) is 18.6 Å². The van der Waals surface area contributed by atoms with Crippen molar-refractivity contribution in [3.63, 3.8) is 0 Å². The first-order valence-electron chi connectivity index (χ1n) is 7.22. The Morgan fingerprint density at radius 3 is 2.50 bits per heavy atom. The maximum Gasteiger partial charge on any atom is 0.333 e. The molecular formula is C14H23ClN2O6S. The summed E-state index contributed by atoms with van der Waals surface area (Å²) >= 11 is 5.92. The topological polar surface area (TPSA) is 119 Å². The maximum atomic E-state index is 10.5. The lowest BCUT2D eigenvalue weighted by molar-refractivity contribution is 0.0571. The van der Waals surface area contributed by atoms with E-state index in [4.69, 9.17) is 20.9 Å². The van der Waals surface area contributed by atoms with Gasteiger partial charge in [0.1, 0.15) is 18.5 Å². The van der Waals surface area contributed by atoms with Crippen LogP contribution >= 0.6 is 11.6 Å². The smallest absolute Gasteiger partial charge is 0.333 e. The van der Waals surface area contributed by atoms with Crippen molar-refractivity contribution in [3.05, 3.63) is 28.8 Å². The first-order chi connectivity index (χ1) is 11.1. The second kappa shape index (κ2) is 9.52. The van der Waals surface area contributed by atoms with Gasteiger partial charge in [-0.3, -0.25) is 4.55 Å². The van der Waals surface area contributed by atoms with Crippen molar-refractivity contribution in [1.29, 1.82) is 0 Å². The Morgan fingerprint density at radius 2 is 1.92 bits per heavy atom. The highest BCUT2D eigenvalue weighted by molar-refractivity contribution is 7.83. The van der Waals surface area contributed by atoms with Gasteiger partial charge in [0.2, 0.25) is 0 Å². The van der Waals surface area contributed by atoms with Gasteiger partial charge in [0.25, 0.3) is 0 Å². The quantitative estimate of drug-likeness (QED) is 0.423. The number of halogens is 1. The predicted molar refractivity (Wildman–Crippen MR) is 90.7 cm³/mol. The molecule has 0 heterocycles. The number of aliphatic hydroxyl groups is 2. The summed E-state index contributed by atoms with van der Waals surface area (Å²) in [7, 11) is -2.67. The molecule has 0 bridgehead atoms. The minimum absolute atomic E-state index is 0.0603. The van der Waals surface area contributed by atoms with Gasteiger partial charge in [-0.1, -0.05) is 11.6 Å². The number of benzene rings is 1. The average molecular weight is 383 g/mol. The molecule has 4 N–H and O–H groups in total. The van der Waals surface area contributed by atoms with E-state index in [-0.39, 0.29) is 26.2 Å². The van der Waals surface area contributed by atoms with Crippen molar-refractivity contribution in [2.24, 2.45) is 0 Å². The second-order valence-corrected chi connectivity index (χ2v) is 7.22. The van der Waals surface area contributed by atoms with E-state index in [0.29, 0.717) is 10.8 Å². The number of rotatable bonds is 10. The molecule has 10 heteroatoms. The molecule has 0 unspecified atom stereocenters. The van der Waals surface area contributed by atoms with Crippen LogP contribution in [-0.4, -0.2) is 73.6 Å². The van der Waals surface area contributed by atoms with Gasteiger partial charge in [-0.2, -0.15) is 13.1 Å². The molecule has 0 saturated heterocycles. The standard InChI is InChI=1S/C14H23ClN2O6S/c1-10-5-13(3-4-14(10)15)23-9-12(19)8-17(2)7-11(18)6-16-24(20,21)22/h3-5,11-12,16,18-19H,6-9H2,1-2H3,(H,20,21,22)/t11-,12-/m0/s1. The summed E-state index contributed by atoms with van der Waals surface area (Å²) in [6, 6.07) is 5.18. The predicted octanol–water partition coefficient (Wildman–Crippen LogP) is 0.0732. The molecule has 1 aromatic carbocycles. The normalized spacial score (nSPS) is 14.6. The molecule has 8 nitrogen and oxygen atoms in total. The van der Waals surface area contributed by atoms with Crippen LogP contribution in [0.15, 0.2) is 18.2 Å². The van der Waals surface area contributed by atoms with Crippen molar-refractivity contribution in [1.82, 2.24) is 9.62 Å². The zero-order valence-corrected chi connectivity index (χ0v) is 15.1. The third-order valence-corrected chi connectivity index (χ3v) is 4.07. The highest BCUT2D eigenvalue weighted by atomic mass is 35.5. The van der Waals surface area contributed by atoms with E-state index < -0.39 is 22.5 Å². The van der Waals surface area contributed by atoms with Gasteiger partial charge in [0.15, 0.2) is 0 Å². The largest absolute Gasteiger partial charge is 0.491 e. The summed E-state index contributed by atoms with van der Waals surface area (Å²) in [6.45, 7) is 1.92. The lowest BCUT2D eigenvalue weighted by Gasteiger charge is -2.23. The second-order valence-electron chi connectivity index (χ2n) is 5.57. The third kappa shape index (κ3) is 8.78. The minimum atomic E-state index is -4.33. The van der Waals surface area contributed by atoms with E-state index in [1.54, 1.807) is 34.9 Å². The Morgan fingerprint density at radius 1 is 1.29 bits per heavy atom. The number of nitrogens with one attached hydrogen (secondary N) is 1. The number of ether oxygens (including phenoxy) is 1. The van der Waals surface area contributed by atoms with Crippen molar-refractivity contribution in [3.8, 4) is 5.75 Å². The molecule has 0 saturated carbocycles. The molecule has 0 aliphatic rings. The Labute approximate surface area is 146 Å². The van der Waals surface area contributed by atoms with Crippen LogP contribution in [0.3, 0.4) is 0 Å². The molecule has 0 amide bonds. The monoisotopic (exact) mass is 382 g/mol. The van der Waals surface area contributed by atoms with Gasteiger partial charge in [-0.15, -0.1) is 0 Å². The SMILES string of the molecule is Cc1cc(OC[C@@H](O)CN(C)C[C@@H](O)CNS(=O)(=O)O)ccc1Cl. The van der Waals surface area contributed by atoms with Crippen LogP contribution in [0.1, 0.15) is 5.56 Å². The molecule has 0 radical (unpaired) electrons. The number of hydrogen-bond acceptors (Lipinski definition) is 6. The maximum absolute atomic E-state index is 10.5. The van der Waals surface area contributed by atoms with Gasteiger partial charge in [-0.05, 0) is 37.7 Å². The Bertz CT molecular complexity index is 628. The summed E-state index contributed by atoms with van der Waals surface area (Å²) in [6.07, 6.45) is -1.82. The van der Waals surface area contributed by atoms with Crippen LogP contribution in [0, 0.1) is 6.92 Å². The lowest BCUT2D eigenvalue weighted by atomic mass is 10.2. The van der Waals surface area contributed by atoms with Gasteiger partial charge in [-0.25, -0.2) is 0 Å². The van der Waals surface area contributed by atoms with Crippen LogP contribution in [0.25, 0.3) is 0 Å².